The number of nitrogens with one attached hydrogen (secondary N) is 1. The zero-order chi connectivity index (χ0) is 15.3. The molecule has 1 rings (SSSR count). The van der Waals surface area contributed by atoms with Gasteiger partial charge in [0, 0.05) is 17.4 Å². The Morgan fingerprint density at radius 2 is 1.90 bits per heavy atom. The molecule has 0 fully saturated rings. The highest BCUT2D eigenvalue weighted by molar-refractivity contribution is 9.10. The lowest BCUT2D eigenvalue weighted by atomic mass is 10.2. The molecule has 1 aromatic rings. The van der Waals surface area contributed by atoms with Gasteiger partial charge in [0.25, 0.3) is 0 Å². The molecule has 0 bridgehead atoms. The van der Waals surface area contributed by atoms with Gasteiger partial charge in [-0.2, -0.15) is 0 Å². The van der Waals surface area contributed by atoms with Crippen LogP contribution in [0.25, 0.3) is 0 Å². The van der Waals surface area contributed by atoms with Crippen LogP contribution in [0.15, 0.2) is 27.6 Å². The summed E-state index contributed by atoms with van der Waals surface area (Å²) in [6, 6.07) is 3.62. The van der Waals surface area contributed by atoms with Crippen molar-refractivity contribution in [2.75, 3.05) is 6.54 Å². The Morgan fingerprint density at radius 1 is 1.25 bits per heavy atom. The summed E-state index contributed by atoms with van der Waals surface area (Å²) in [6.45, 7) is -0.0346. The third-order valence-corrected chi connectivity index (χ3v) is 4.49. The Morgan fingerprint density at radius 3 is 2.45 bits per heavy atom. The summed E-state index contributed by atoms with van der Waals surface area (Å²) in [5, 5.41) is 17.4. The minimum absolute atomic E-state index is 0.0346. The van der Waals surface area contributed by atoms with Gasteiger partial charge in [0.05, 0.1) is 10.5 Å². The Labute approximate surface area is 123 Å². The highest BCUT2D eigenvalue weighted by Gasteiger charge is 2.17. The lowest BCUT2D eigenvalue weighted by molar-refractivity contribution is -0.137. The van der Waals surface area contributed by atoms with Crippen molar-refractivity contribution in [2.24, 2.45) is 0 Å². The number of sulfonamides is 1. The SMILES string of the molecule is O=C(O)CCCNS(=O)(=O)c1ccc(Br)c(C(=O)O)c1. The third-order valence-electron chi connectivity index (χ3n) is 2.34. The standard InChI is InChI=1S/C11H12BrNO6S/c12-9-4-3-7(6-8(9)11(16)17)20(18,19)13-5-1-2-10(14)15/h3-4,6,13H,1-2,5H2,(H,14,15)(H,16,17). The molecule has 20 heavy (non-hydrogen) atoms. The number of hydrogen-bond acceptors (Lipinski definition) is 4. The number of carboxylic acids is 2. The number of carboxylic acid groups (broad SMARTS) is 2. The van der Waals surface area contributed by atoms with Crippen molar-refractivity contribution < 1.29 is 28.2 Å². The summed E-state index contributed by atoms with van der Waals surface area (Å²) in [7, 11) is -3.86. The van der Waals surface area contributed by atoms with E-state index in [9.17, 15) is 18.0 Å². The molecule has 0 spiro atoms. The van der Waals surface area contributed by atoms with Gasteiger partial charge in [-0.1, -0.05) is 0 Å². The molecule has 0 aliphatic rings. The lowest BCUT2D eigenvalue weighted by Crippen LogP contribution is -2.25. The van der Waals surface area contributed by atoms with Gasteiger partial charge in [0.2, 0.25) is 10.0 Å². The maximum absolute atomic E-state index is 11.9. The highest BCUT2D eigenvalue weighted by Crippen LogP contribution is 2.21. The van der Waals surface area contributed by atoms with E-state index in [0.717, 1.165) is 6.07 Å². The first kappa shape index (κ1) is 16.6. The van der Waals surface area contributed by atoms with E-state index in [4.69, 9.17) is 10.2 Å². The molecular formula is C11H12BrNO6S. The zero-order valence-corrected chi connectivity index (χ0v) is 12.6. The van der Waals surface area contributed by atoms with Gasteiger partial charge in [-0.15, -0.1) is 0 Å². The van der Waals surface area contributed by atoms with E-state index in [2.05, 4.69) is 20.7 Å². The topological polar surface area (TPSA) is 121 Å². The van der Waals surface area contributed by atoms with Gasteiger partial charge in [-0.25, -0.2) is 17.9 Å². The molecule has 0 saturated heterocycles. The monoisotopic (exact) mass is 365 g/mol. The fourth-order valence-electron chi connectivity index (χ4n) is 1.36. The molecule has 0 aromatic heterocycles. The van der Waals surface area contributed by atoms with E-state index in [-0.39, 0.29) is 34.3 Å². The summed E-state index contributed by atoms with van der Waals surface area (Å²) in [4.78, 5) is 21.0. The summed E-state index contributed by atoms with van der Waals surface area (Å²) < 4.78 is 26.3. The van der Waals surface area contributed by atoms with Gasteiger partial charge in [0.15, 0.2) is 0 Å². The third kappa shape index (κ3) is 4.58. The molecule has 0 heterocycles. The predicted molar refractivity (Wildman–Crippen MR) is 73.2 cm³/mol. The van der Waals surface area contributed by atoms with Crippen molar-refractivity contribution in [1.29, 1.82) is 0 Å². The highest BCUT2D eigenvalue weighted by atomic mass is 79.9. The zero-order valence-electron chi connectivity index (χ0n) is 10.2. The average Bonchev–Trinajstić information content (AvgIpc) is 2.34. The Bertz CT molecular complexity index is 628. The van der Waals surface area contributed by atoms with Gasteiger partial charge in [-0.05, 0) is 40.5 Å². The van der Waals surface area contributed by atoms with Crippen molar-refractivity contribution in [2.45, 2.75) is 17.7 Å². The molecule has 9 heteroatoms. The molecule has 0 aliphatic heterocycles. The Kier molecular flexibility index (Phi) is 5.66. The van der Waals surface area contributed by atoms with Gasteiger partial charge in [0.1, 0.15) is 0 Å². The number of carbonyl (C=O) groups is 2. The molecule has 0 unspecified atom stereocenters. The van der Waals surface area contributed by atoms with Gasteiger partial charge >= 0.3 is 11.9 Å². The number of aliphatic carboxylic acids is 1. The van der Waals surface area contributed by atoms with Crippen LogP contribution in [0.4, 0.5) is 0 Å². The molecule has 0 saturated carbocycles. The van der Waals surface area contributed by atoms with E-state index < -0.39 is 22.0 Å². The van der Waals surface area contributed by atoms with Crippen LogP contribution in [-0.4, -0.2) is 37.1 Å². The van der Waals surface area contributed by atoms with Crippen LogP contribution in [0.5, 0.6) is 0 Å². The largest absolute Gasteiger partial charge is 0.481 e. The van der Waals surface area contributed by atoms with Crippen LogP contribution in [0.3, 0.4) is 0 Å². The van der Waals surface area contributed by atoms with E-state index in [1.807, 2.05) is 0 Å². The van der Waals surface area contributed by atoms with E-state index in [1.165, 1.54) is 12.1 Å². The second-order valence-electron chi connectivity index (χ2n) is 3.84. The second-order valence-corrected chi connectivity index (χ2v) is 6.46. The minimum Gasteiger partial charge on any atom is -0.481 e. The number of halogens is 1. The van der Waals surface area contributed by atoms with Crippen molar-refractivity contribution >= 4 is 37.9 Å². The Balaban J connectivity index is 2.85. The summed E-state index contributed by atoms with van der Waals surface area (Å²) in [5.74, 6) is -2.26. The predicted octanol–water partition coefficient (Wildman–Crippen LogP) is 1.29. The number of aromatic carboxylic acids is 1. The van der Waals surface area contributed by atoms with Gasteiger partial charge < -0.3 is 10.2 Å². The van der Waals surface area contributed by atoms with Gasteiger partial charge in [-0.3, -0.25) is 4.79 Å². The quantitative estimate of drug-likeness (QED) is 0.626. The molecule has 7 nitrogen and oxygen atoms in total. The maximum atomic E-state index is 11.9. The van der Waals surface area contributed by atoms with Crippen molar-refractivity contribution in [3.63, 3.8) is 0 Å². The van der Waals surface area contributed by atoms with Crippen LogP contribution < -0.4 is 4.72 Å². The molecule has 110 valence electrons. The molecule has 0 atom stereocenters. The smallest absolute Gasteiger partial charge is 0.336 e. The number of hydrogen-bond donors (Lipinski definition) is 3. The van der Waals surface area contributed by atoms with Crippen LogP contribution in [0.2, 0.25) is 0 Å². The van der Waals surface area contributed by atoms with Crippen LogP contribution in [0.1, 0.15) is 23.2 Å². The average molecular weight is 366 g/mol. The fraction of sp³-hybridized carbons (Fsp3) is 0.273. The number of rotatable bonds is 7. The summed E-state index contributed by atoms with van der Waals surface area (Å²) in [5.41, 5.74) is -0.168. The number of benzene rings is 1. The van der Waals surface area contributed by atoms with Crippen molar-refractivity contribution in [1.82, 2.24) is 4.72 Å². The van der Waals surface area contributed by atoms with Crippen molar-refractivity contribution in [3.05, 3.63) is 28.2 Å². The summed E-state index contributed by atoms with van der Waals surface area (Å²) >= 11 is 3.02. The first-order chi connectivity index (χ1) is 9.24. The second kappa shape index (κ2) is 6.82. The molecular weight excluding hydrogens is 354 g/mol. The van der Waals surface area contributed by atoms with E-state index in [0.29, 0.717) is 0 Å². The van der Waals surface area contributed by atoms with E-state index >= 15 is 0 Å². The summed E-state index contributed by atoms with van der Waals surface area (Å²) in [6.07, 6.45) is 0.000112. The normalized spacial score (nSPS) is 11.2. The minimum atomic E-state index is -3.86. The van der Waals surface area contributed by atoms with Crippen LogP contribution in [-0.2, 0) is 14.8 Å². The van der Waals surface area contributed by atoms with Crippen LogP contribution >= 0.6 is 15.9 Å². The molecule has 0 amide bonds. The first-order valence-corrected chi connectivity index (χ1v) is 7.76. The van der Waals surface area contributed by atoms with E-state index in [1.54, 1.807) is 0 Å². The molecule has 1 aromatic carbocycles. The van der Waals surface area contributed by atoms with Crippen LogP contribution in [0, 0.1) is 0 Å². The molecule has 0 aliphatic carbocycles. The fourth-order valence-corrected chi connectivity index (χ4v) is 2.88. The molecule has 0 radical (unpaired) electrons. The maximum Gasteiger partial charge on any atom is 0.336 e. The Hall–Kier alpha value is -1.45. The lowest BCUT2D eigenvalue weighted by Gasteiger charge is -2.07. The molecule has 3 N–H and O–H groups in total. The van der Waals surface area contributed by atoms with Crippen molar-refractivity contribution in [3.8, 4) is 0 Å². The first-order valence-electron chi connectivity index (χ1n) is 5.48.